The van der Waals surface area contributed by atoms with Crippen molar-refractivity contribution in [2.24, 2.45) is 0 Å². The Bertz CT molecular complexity index is 913. The summed E-state index contributed by atoms with van der Waals surface area (Å²) in [5.41, 5.74) is 0.979. The molecule has 0 aliphatic heterocycles. The number of hydrogen-bond donors (Lipinski definition) is 0. The van der Waals surface area contributed by atoms with Crippen molar-refractivity contribution in [3.8, 4) is 11.4 Å². The molecule has 0 N–H and O–H groups in total. The van der Waals surface area contributed by atoms with Gasteiger partial charge in [0.05, 0.1) is 26.4 Å². The average Bonchev–Trinajstić information content (AvgIpc) is 2.61. The standard InChI is InChI=1S/C19H21NO6/c1-6-26-19(23)15-10-14(18(22)25-5)12(3)20(17(15)21)13-7-8-16(24-4)11(2)9-13/h7-10H,6H2,1-5H3. The highest BCUT2D eigenvalue weighted by atomic mass is 16.5. The van der Waals surface area contributed by atoms with E-state index in [2.05, 4.69) is 0 Å². The Balaban J connectivity index is 2.80. The van der Waals surface area contributed by atoms with Crippen LogP contribution in [0.15, 0.2) is 29.1 Å². The number of methoxy groups -OCH3 is 2. The number of ether oxygens (including phenoxy) is 3. The number of hydrogen-bond acceptors (Lipinski definition) is 6. The smallest absolute Gasteiger partial charge is 0.343 e. The maximum atomic E-state index is 12.9. The largest absolute Gasteiger partial charge is 0.496 e. The molecular weight excluding hydrogens is 338 g/mol. The van der Waals surface area contributed by atoms with Crippen LogP contribution in [0.5, 0.6) is 5.75 Å². The van der Waals surface area contributed by atoms with Gasteiger partial charge in [0.25, 0.3) is 5.56 Å². The highest BCUT2D eigenvalue weighted by Gasteiger charge is 2.23. The number of benzene rings is 1. The Hall–Kier alpha value is -3.09. The molecule has 26 heavy (non-hydrogen) atoms. The van der Waals surface area contributed by atoms with Crippen molar-refractivity contribution in [2.45, 2.75) is 20.8 Å². The van der Waals surface area contributed by atoms with Gasteiger partial charge in [-0.1, -0.05) is 0 Å². The van der Waals surface area contributed by atoms with Crippen molar-refractivity contribution in [1.29, 1.82) is 0 Å². The molecule has 0 saturated heterocycles. The second kappa shape index (κ2) is 7.86. The molecule has 1 aromatic carbocycles. The Morgan fingerprint density at radius 1 is 1.04 bits per heavy atom. The van der Waals surface area contributed by atoms with E-state index in [1.165, 1.54) is 17.7 Å². The van der Waals surface area contributed by atoms with Gasteiger partial charge in [0.2, 0.25) is 0 Å². The zero-order chi connectivity index (χ0) is 19.4. The van der Waals surface area contributed by atoms with Crippen molar-refractivity contribution in [1.82, 2.24) is 4.57 Å². The summed E-state index contributed by atoms with van der Waals surface area (Å²) in [5, 5.41) is 0. The number of aromatic nitrogens is 1. The quantitative estimate of drug-likeness (QED) is 0.763. The molecule has 0 atom stereocenters. The normalized spacial score (nSPS) is 10.3. The molecule has 0 spiro atoms. The molecule has 0 unspecified atom stereocenters. The lowest BCUT2D eigenvalue weighted by Gasteiger charge is -2.16. The molecule has 0 fully saturated rings. The highest BCUT2D eigenvalue weighted by molar-refractivity contribution is 5.95. The maximum absolute atomic E-state index is 12.9. The van der Waals surface area contributed by atoms with Crippen molar-refractivity contribution >= 4 is 11.9 Å². The van der Waals surface area contributed by atoms with E-state index in [4.69, 9.17) is 14.2 Å². The molecule has 0 aliphatic rings. The van der Waals surface area contributed by atoms with Gasteiger partial charge in [0.15, 0.2) is 0 Å². The third-order valence-electron chi connectivity index (χ3n) is 3.98. The van der Waals surface area contributed by atoms with Crippen molar-refractivity contribution in [2.75, 3.05) is 20.8 Å². The zero-order valence-electron chi connectivity index (χ0n) is 15.4. The lowest BCUT2D eigenvalue weighted by atomic mass is 10.1. The first-order valence-electron chi connectivity index (χ1n) is 8.02. The number of carbonyl (C=O) groups excluding carboxylic acids is 2. The minimum absolute atomic E-state index is 0.112. The van der Waals surface area contributed by atoms with Gasteiger partial charge < -0.3 is 14.2 Å². The number of aryl methyl sites for hydroxylation is 1. The van der Waals surface area contributed by atoms with Crippen LogP contribution in [0.4, 0.5) is 0 Å². The molecule has 0 amide bonds. The first-order chi connectivity index (χ1) is 12.3. The van der Waals surface area contributed by atoms with Gasteiger partial charge in [-0.25, -0.2) is 9.59 Å². The van der Waals surface area contributed by atoms with Crippen LogP contribution in [-0.2, 0) is 9.47 Å². The van der Waals surface area contributed by atoms with Gasteiger partial charge in [-0.2, -0.15) is 0 Å². The van der Waals surface area contributed by atoms with E-state index in [1.54, 1.807) is 39.2 Å². The summed E-state index contributed by atoms with van der Waals surface area (Å²) in [5.74, 6) is -0.775. The van der Waals surface area contributed by atoms with Crippen LogP contribution >= 0.6 is 0 Å². The van der Waals surface area contributed by atoms with E-state index in [1.807, 2.05) is 6.92 Å². The third kappa shape index (κ3) is 3.46. The first-order valence-corrected chi connectivity index (χ1v) is 8.02. The molecule has 1 aromatic heterocycles. The van der Waals surface area contributed by atoms with Crippen LogP contribution < -0.4 is 10.3 Å². The van der Waals surface area contributed by atoms with E-state index in [0.29, 0.717) is 17.1 Å². The Labute approximate surface area is 151 Å². The number of nitrogens with zero attached hydrogens (tertiary/aromatic N) is 1. The molecule has 0 radical (unpaired) electrons. The van der Waals surface area contributed by atoms with E-state index in [-0.39, 0.29) is 17.7 Å². The summed E-state index contributed by atoms with van der Waals surface area (Å²) in [6, 6.07) is 6.35. The molecular formula is C19H21NO6. The number of rotatable bonds is 5. The molecule has 0 bridgehead atoms. The minimum Gasteiger partial charge on any atom is -0.496 e. The molecule has 2 rings (SSSR count). The van der Waals surface area contributed by atoms with Crippen LogP contribution in [0.25, 0.3) is 5.69 Å². The van der Waals surface area contributed by atoms with Crippen molar-refractivity contribution in [3.63, 3.8) is 0 Å². The Morgan fingerprint density at radius 2 is 1.73 bits per heavy atom. The maximum Gasteiger partial charge on any atom is 0.343 e. The predicted molar refractivity (Wildman–Crippen MR) is 95.4 cm³/mol. The van der Waals surface area contributed by atoms with Gasteiger partial charge in [-0.05, 0) is 50.6 Å². The molecule has 1 heterocycles. The van der Waals surface area contributed by atoms with E-state index >= 15 is 0 Å². The molecule has 7 nitrogen and oxygen atoms in total. The van der Waals surface area contributed by atoms with Gasteiger partial charge in [0.1, 0.15) is 11.3 Å². The summed E-state index contributed by atoms with van der Waals surface area (Å²) in [4.78, 5) is 37.2. The Morgan fingerprint density at radius 3 is 2.27 bits per heavy atom. The van der Waals surface area contributed by atoms with E-state index in [0.717, 1.165) is 5.56 Å². The van der Waals surface area contributed by atoms with E-state index in [9.17, 15) is 14.4 Å². The van der Waals surface area contributed by atoms with E-state index < -0.39 is 17.5 Å². The monoisotopic (exact) mass is 359 g/mol. The number of pyridine rings is 1. The van der Waals surface area contributed by atoms with Gasteiger partial charge in [-0.3, -0.25) is 9.36 Å². The van der Waals surface area contributed by atoms with Gasteiger partial charge >= 0.3 is 11.9 Å². The van der Waals surface area contributed by atoms with Crippen molar-refractivity contribution < 1.29 is 23.8 Å². The lowest BCUT2D eigenvalue weighted by molar-refractivity contribution is 0.0523. The highest BCUT2D eigenvalue weighted by Crippen LogP contribution is 2.22. The topological polar surface area (TPSA) is 83.8 Å². The SMILES string of the molecule is CCOC(=O)c1cc(C(=O)OC)c(C)n(-c2ccc(OC)c(C)c2)c1=O. The summed E-state index contributed by atoms with van der Waals surface area (Å²) in [6.07, 6.45) is 0. The van der Waals surface area contributed by atoms with Crippen molar-refractivity contribution in [3.05, 3.63) is 57.0 Å². The minimum atomic E-state index is -0.790. The summed E-state index contributed by atoms with van der Waals surface area (Å²) in [6.45, 7) is 5.20. The fourth-order valence-corrected chi connectivity index (χ4v) is 2.69. The third-order valence-corrected chi connectivity index (χ3v) is 3.98. The number of carbonyl (C=O) groups is 2. The van der Waals surface area contributed by atoms with Crippen LogP contribution in [0.1, 0.15) is 38.9 Å². The Kier molecular flexibility index (Phi) is 5.82. The molecule has 0 aliphatic carbocycles. The van der Waals surface area contributed by atoms with Crippen LogP contribution in [0, 0.1) is 13.8 Å². The second-order valence-corrected chi connectivity index (χ2v) is 5.56. The second-order valence-electron chi connectivity index (χ2n) is 5.56. The summed E-state index contributed by atoms with van der Waals surface area (Å²) >= 11 is 0. The van der Waals surface area contributed by atoms with Gasteiger partial charge in [-0.15, -0.1) is 0 Å². The summed E-state index contributed by atoms with van der Waals surface area (Å²) in [7, 11) is 2.79. The first kappa shape index (κ1) is 19.2. The fraction of sp³-hybridized carbons (Fsp3) is 0.316. The fourth-order valence-electron chi connectivity index (χ4n) is 2.69. The average molecular weight is 359 g/mol. The molecule has 7 heteroatoms. The zero-order valence-corrected chi connectivity index (χ0v) is 15.4. The summed E-state index contributed by atoms with van der Waals surface area (Å²) < 4.78 is 16.3. The molecule has 138 valence electrons. The molecule has 0 saturated carbocycles. The van der Waals surface area contributed by atoms with Crippen LogP contribution in [0.3, 0.4) is 0 Å². The number of esters is 2. The predicted octanol–water partition coefficient (Wildman–Crippen LogP) is 2.43. The lowest BCUT2D eigenvalue weighted by Crippen LogP contribution is -2.30. The molecule has 2 aromatic rings. The van der Waals surface area contributed by atoms with Crippen LogP contribution in [0.2, 0.25) is 0 Å². The van der Waals surface area contributed by atoms with Crippen LogP contribution in [-0.4, -0.2) is 37.3 Å². The van der Waals surface area contributed by atoms with Gasteiger partial charge in [0, 0.05) is 11.4 Å².